The van der Waals surface area contributed by atoms with Crippen molar-refractivity contribution in [1.82, 2.24) is 4.90 Å². The monoisotopic (exact) mass is 161 g/mol. The predicted molar refractivity (Wildman–Crippen MR) is 41.0 cm³/mol. The lowest BCUT2D eigenvalue weighted by Gasteiger charge is -2.19. The van der Waals surface area contributed by atoms with E-state index in [2.05, 4.69) is 4.90 Å². The minimum absolute atomic E-state index is 0.665. The normalized spacial score (nSPS) is 24.0. The van der Waals surface area contributed by atoms with Crippen LogP contribution in [-0.4, -0.2) is 33.8 Å². The molecule has 0 radical (unpaired) electrons. The molecule has 3 nitrogen and oxygen atoms in total. The van der Waals surface area contributed by atoms with Crippen molar-refractivity contribution < 1.29 is 8.76 Å². The van der Waals surface area contributed by atoms with Crippen molar-refractivity contribution in [2.75, 3.05) is 20.1 Å². The van der Waals surface area contributed by atoms with Gasteiger partial charge in [0.25, 0.3) is 0 Å². The minimum Gasteiger partial charge on any atom is -0.302 e. The van der Waals surface area contributed by atoms with Gasteiger partial charge in [-0.15, -0.1) is 0 Å². The van der Waals surface area contributed by atoms with Crippen LogP contribution in [0.3, 0.4) is 0 Å². The number of nitrogens with zero attached hydrogens (tertiary/aromatic N) is 1. The van der Waals surface area contributed by atoms with Gasteiger partial charge in [0.15, 0.2) is 11.1 Å². The van der Waals surface area contributed by atoms with Gasteiger partial charge >= 0.3 is 0 Å². The molecule has 0 bridgehead atoms. The molecule has 1 N–H and O–H groups in total. The first kappa shape index (κ1) is 7.91. The van der Waals surface area contributed by atoms with Gasteiger partial charge in [0.2, 0.25) is 0 Å². The molecule has 4 heteroatoms. The van der Waals surface area contributed by atoms with Crippen LogP contribution in [0.2, 0.25) is 0 Å². The van der Waals surface area contributed by atoms with Gasteiger partial charge in [0, 0.05) is 18.0 Å². The molecule has 0 amide bonds. The summed E-state index contributed by atoms with van der Waals surface area (Å²) >= 11 is -1.73. The van der Waals surface area contributed by atoms with Crippen molar-refractivity contribution in [2.24, 2.45) is 0 Å². The molecule has 58 valence electrons. The second-order valence-electron chi connectivity index (χ2n) is 2.43. The summed E-state index contributed by atoms with van der Waals surface area (Å²) < 4.78 is 19.1. The third kappa shape index (κ3) is 1.90. The fourth-order valence-electron chi connectivity index (χ4n) is 0.911. The molecule has 0 aromatic carbocycles. The van der Waals surface area contributed by atoms with Crippen LogP contribution in [-0.2, 0) is 11.1 Å². The molecule has 0 aliphatic carbocycles. The van der Waals surface area contributed by atoms with E-state index in [9.17, 15) is 4.21 Å². The van der Waals surface area contributed by atoms with Crippen LogP contribution in [0, 0.1) is 0 Å². The molecular formula is C6H11NO2S. The molecule has 1 atom stereocenters. The lowest BCUT2D eigenvalue weighted by atomic mass is 10.3. The fraction of sp³-hybridized carbons (Fsp3) is 0.667. The Labute approximate surface area is 63.0 Å². The average molecular weight is 161 g/mol. The second kappa shape index (κ2) is 3.27. The Kier molecular flexibility index (Phi) is 2.59. The van der Waals surface area contributed by atoms with Gasteiger partial charge in [-0.25, -0.2) is 4.21 Å². The Hall–Kier alpha value is -0.190. The molecule has 0 fully saturated rings. The molecule has 1 rings (SSSR count). The van der Waals surface area contributed by atoms with Crippen molar-refractivity contribution in [3.05, 3.63) is 11.0 Å². The summed E-state index contributed by atoms with van der Waals surface area (Å²) in [4.78, 5) is 2.77. The summed E-state index contributed by atoms with van der Waals surface area (Å²) in [5.74, 6) is 0. The van der Waals surface area contributed by atoms with E-state index < -0.39 is 11.1 Å². The first-order chi connectivity index (χ1) is 4.70. The van der Waals surface area contributed by atoms with E-state index >= 15 is 0 Å². The van der Waals surface area contributed by atoms with Crippen LogP contribution >= 0.6 is 0 Å². The highest BCUT2D eigenvalue weighted by molar-refractivity contribution is 7.83. The van der Waals surface area contributed by atoms with E-state index in [-0.39, 0.29) is 0 Å². The van der Waals surface area contributed by atoms with Crippen LogP contribution in [0.5, 0.6) is 0 Å². The summed E-state index contributed by atoms with van der Waals surface area (Å²) in [6.45, 7) is 1.68. The van der Waals surface area contributed by atoms with Crippen LogP contribution in [0.1, 0.15) is 6.42 Å². The zero-order valence-electron chi connectivity index (χ0n) is 5.91. The van der Waals surface area contributed by atoms with Gasteiger partial charge in [-0.3, -0.25) is 0 Å². The van der Waals surface area contributed by atoms with Crippen molar-refractivity contribution in [3.8, 4) is 0 Å². The smallest absolute Gasteiger partial charge is 0.182 e. The van der Waals surface area contributed by atoms with Crippen LogP contribution < -0.4 is 0 Å². The van der Waals surface area contributed by atoms with E-state index in [0.29, 0.717) is 4.91 Å². The van der Waals surface area contributed by atoms with Crippen molar-refractivity contribution in [2.45, 2.75) is 6.42 Å². The highest BCUT2D eigenvalue weighted by Gasteiger charge is 2.10. The van der Waals surface area contributed by atoms with E-state index in [4.69, 9.17) is 4.55 Å². The third-order valence-electron chi connectivity index (χ3n) is 1.59. The third-order valence-corrected chi connectivity index (χ3v) is 2.41. The molecule has 0 aromatic rings. The van der Waals surface area contributed by atoms with Gasteiger partial charge in [-0.1, -0.05) is 6.08 Å². The van der Waals surface area contributed by atoms with Gasteiger partial charge < -0.3 is 9.45 Å². The lowest BCUT2D eigenvalue weighted by molar-refractivity contribution is 0.362. The predicted octanol–water partition coefficient (Wildman–Crippen LogP) is 0.427. The minimum atomic E-state index is -1.73. The summed E-state index contributed by atoms with van der Waals surface area (Å²) in [7, 11) is 1.99. The van der Waals surface area contributed by atoms with Crippen molar-refractivity contribution >= 4 is 11.1 Å². The molecule has 1 unspecified atom stereocenters. The van der Waals surface area contributed by atoms with Crippen molar-refractivity contribution in [1.29, 1.82) is 0 Å². The highest BCUT2D eigenvalue weighted by Crippen LogP contribution is 2.10. The fourth-order valence-corrected chi connectivity index (χ4v) is 1.39. The number of rotatable bonds is 1. The van der Waals surface area contributed by atoms with Crippen LogP contribution in [0.25, 0.3) is 0 Å². The Bertz CT molecular complexity index is 179. The Morgan fingerprint density at radius 3 is 2.90 bits per heavy atom. The van der Waals surface area contributed by atoms with E-state index in [1.165, 1.54) is 0 Å². The van der Waals surface area contributed by atoms with Crippen LogP contribution in [0.4, 0.5) is 0 Å². The van der Waals surface area contributed by atoms with Gasteiger partial charge in [-0.05, 0) is 13.5 Å². The zero-order chi connectivity index (χ0) is 7.56. The quantitative estimate of drug-likeness (QED) is 0.567. The maximum Gasteiger partial charge on any atom is 0.182 e. The average Bonchev–Trinajstić information content (AvgIpc) is 1.88. The largest absolute Gasteiger partial charge is 0.302 e. The molecule has 1 aliphatic heterocycles. The summed E-state index contributed by atoms with van der Waals surface area (Å²) in [6, 6.07) is 0. The van der Waals surface area contributed by atoms with Crippen LogP contribution in [0.15, 0.2) is 11.0 Å². The van der Waals surface area contributed by atoms with E-state index in [1.807, 2.05) is 13.1 Å². The molecule has 1 heterocycles. The highest BCUT2D eigenvalue weighted by atomic mass is 32.2. The summed E-state index contributed by atoms with van der Waals surface area (Å²) in [6.07, 6.45) is 2.54. The second-order valence-corrected chi connectivity index (χ2v) is 3.45. The number of likely N-dealkylation sites (N-methyl/N-ethyl adjacent to an activating group) is 1. The van der Waals surface area contributed by atoms with Crippen molar-refractivity contribution in [3.63, 3.8) is 0 Å². The Morgan fingerprint density at radius 1 is 1.80 bits per heavy atom. The lowest BCUT2D eigenvalue weighted by Crippen LogP contribution is -2.24. The molecule has 0 spiro atoms. The summed E-state index contributed by atoms with van der Waals surface area (Å²) in [5, 5.41) is 0. The number of hydrogen-bond donors (Lipinski definition) is 1. The number of hydrogen-bond acceptors (Lipinski definition) is 2. The van der Waals surface area contributed by atoms with E-state index in [1.54, 1.807) is 0 Å². The van der Waals surface area contributed by atoms with Gasteiger partial charge in [-0.2, -0.15) is 0 Å². The van der Waals surface area contributed by atoms with Gasteiger partial charge in [0.1, 0.15) is 0 Å². The van der Waals surface area contributed by atoms with E-state index in [0.717, 1.165) is 19.5 Å². The standard InChI is InChI=1S/C6H11NO2S/c1-7-4-2-6(3-5-7)10(8)9/h2H,3-5H2,1H3,(H,8,9). The Morgan fingerprint density at radius 2 is 2.50 bits per heavy atom. The molecule has 0 saturated carbocycles. The topological polar surface area (TPSA) is 40.5 Å². The molecule has 0 aromatic heterocycles. The molecule has 1 aliphatic rings. The zero-order valence-corrected chi connectivity index (χ0v) is 6.73. The molecule has 0 saturated heterocycles. The first-order valence-electron chi connectivity index (χ1n) is 3.18. The summed E-state index contributed by atoms with van der Waals surface area (Å²) in [5.41, 5.74) is 0. The first-order valence-corrected chi connectivity index (χ1v) is 4.29. The SMILES string of the molecule is CN1CC=C(S(=O)O)CC1. The molecular weight excluding hydrogens is 150 g/mol. The maximum absolute atomic E-state index is 10.5. The Balaban J connectivity index is 2.56. The van der Waals surface area contributed by atoms with Gasteiger partial charge in [0.05, 0.1) is 0 Å². The molecule has 10 heavy (non-hydrogen) atoms. The maximum atomic E-state index is 10.5.